The van der Waals surface area contributed by atoms with Gasteiger partial charge in [0, 0.05) is 23.5 Å². The summed E-state index contributed by atoms with van der Waals surface area (Å²) in [6, 6.07) is 8.49. The second-order valence-corrected chi connectivity index (χ2v) is 4.84. The summed E-state index contributed by atoms with van der Waals surface area (Å²) in [6.07, 6.45) is 1.05. The molecule has 84 valence electrons. The summed E-state index contributed by atoms with van der Waals surface area (Å²) in [5, 5.41) is 3.42. The molecule has 3 heteroatoms. The molecule has 0 radical (unpaired) electrons. The van der Waals surface area contributed by atoms with E-state index in [2.05, 4.69) is 48.4 Å². The Kier molecular flexibility index (Phi) is 3.57. The van der Waals surface area contributed by atoms with Gasteiger partial charge < -0.3 is 5.32 Å². The number of nitrogens with zero attached hydrogens (tertiary/aromatic N) is 1. The zero-order valence-electron chi connectivity index (χ0n) is 9.66. The maximum absolute atomic E-state index is 4.24. The van der Waals surface area contributed by atoms with Crippen molar-refractivity contribution in [1.29, 1.82) is 0 Å². The summed E-state index contributed by atoms with van der Waals surface area (Å²) >= 11 is 1.74. The first-order valence-electron chi connectivity index (χ1n) is 5.45. The van der Waals surface area contributed by atoms with Gasteiger partial charge in [-0.25, -0.2) is 4.98 Å². The zero-order chi connectivity index (χ0) is 11.4. The van der Waals surface area contributed by atoms with Crippen LogP contribution in [0.2, 0.25) is 0 Å². The molecule has 0 aliphatic rings. The van der Waals surface area contributed by atoms with E-state index in [1.807, 2.05) is 5.51 Å². The summed E-state index contributed by atoms with van der Waals surface area (Å²) < 4.78 is 0. The monoisotopic (exact) mass is 232 g/mol. The first-order chi connectivity index (χ1) is 7.75. The van der Waals surface area contributed by atoms with Crippen molar-refractivity contribution in [2.24, 2.45) is 0 Å². The van der Waals surface area contributed by atoms with Crippen LogP contribution in [-0.2, 0) is 6.42 Å². The van der Waals surface area contributed by atoms with E-state index >= 15 is 0 Å². The molecule has 1 N–H and O–H groups in total. The zero-order valence-corrected chi connectivity index (χ0v) is 10.5. The van der Waals surface area contributed by atoms with Gasteiger partial charge in [-0.1, -0.05) is 17.7 Å². The summed E-state index contributed by atoms with van der Waals surface area (Å²) in [7, 11) is 0. The molecule has 0 bridgehead atoms. The van der Waals surface area contributed by atoms with E-state index in [1.54, 1.807) is 11.3 Å². The van der Waals surface area contributed by atoms with E-state index in [9.17, 15) is 0 Å². The minimum atomic E-state index is 0.964. The number of rotatable bonds is 4. The number of hydrogen-bond acceptors (Lipinski definition) is 3. The number of hydrogen-bond donors (Lipinski definition) is 1. The average molecular weight is 232 g/mol. The molecule has 1 aromatic heterocycles. The lowest BCUT2D eigenvalue weighted by Crippen LogP contribution is -2.04. The van der Waals surface area contributed by atoms with Crippen molar-refractivity contribution in [3.8, 4) is 0 Å². The average Bonchev–Trinajstić information content (AvgIpc) is 2.68. The van der Waals surface area contributed by atoms with Crippen molar-refractivity contribution < 1.29 is 0 Å². The molecule has 2 aromatic rings. The van der Waals surface area contributed by atoms with Crippen LogP contribution in [0.3, 0.4) is 0 Å². The van der Waals surface area contributed by atoms with Gasteiger partial charge in [0.1, 0.15) is 0 Å². The molecule has 1 aromatic carbocycles. The summed E-state index contributed by atoms with van der Waals surface area (Å²) in [5.41, 5.74) is 5.56. The third kappa shape index (κ3) is 2.83. The normalized spacial score (nSPS) is 10.4. The molecule has 0 amide bonds. The molecule has 0 saturated heterocycles. The largest absolute Gasteiger partial charge is 0.385 e. The van der Waals surface area contributed by atoms with Gasteiger partial charge in [-0.15, -0.1) is 11.3 Å². The van der Waals surface area contributed by atoms with Crippen LogP contribution in [0.15, 0.2) is 29.8 Å². The summed E-state index contributed by atoms with van der Waals surface area (Å²) in [5.74, 6) is 0. The van der Waals surface area contributed by atoms with Gasteiger partial charge in [0.05, 0.1) is 11.2 Å². The van der Waals surface area contributed by atoms with E-state index in [-0.39, 0.29) is 0 Å². The SMILES string of the molecule is Cc1ccc(NCCc2scnc2C)cc1. The molecule has 1 heterocycles. The minimum absolute atomic E-state index is 0.964. The Morgan fingerprint density at radius 3 is 2.56 bits per heavy atom. The van der Waals surface area contributed by atoms with Gasteiger partial charge in [0.15, 0.2) is 0 Å². The smallest absolute Gasteiger partial charge is 0.0797 e. The van der Waals surface area contributed by atoms with Crippen molar-refractivity contribution in [1.82, 2.24) is 4.98 Å². The number of aryl methyl sites for hydroxylation is 2. The molecule has 0 fully saturated rings. The Hall–Kier alpha value is -1.35. The molecule has 16 heavy (non-hydrogen) atoms. The lowest BCUT2D eigenvalue weighted by atomic mass is 10.2. The minimum Gasteiger partial charge on any atom is -0.385 e. The van der Waals surface area contributed by atoms with Crippen molar-refractivity contribution in [2.75, 3.05) is 11.9 Å². The fraction of sp³-hybridized carbons (Fsp3) is 0.308. The van der Waals surface area contributed by atoms with E-state index in [1.165, 1.54) is 16.1 Å². The lowest BCUT2D eigenvalue weighted by molar-refractivity contribution is 1.02. The number of aromatic nitrogens is 1. The third-order valence-corrected chi connectivity index (χ3v) is 3.57. The van der Waals surface area contributed by atoms with Crippen LogP contribution in [0.5, 0.6) is 0 Å². The second-order valence-electron chi connectivity index (χ2n) is 3.90. The first kappa shape index (κ1) is 11.1. The number of benzene rings is 1. The highest BCUT2D eigenvalue weighted by Crippen LogP contribution is 2.13. The van der Waals surface area contributed by atoms with Crippen LogP contribution in [0.4, 0.5) is 5.69 Å². The van der Waals surface area contributed by atoms with Crippen LogP contribution in [0, 0.1) is 13.8 Å². The summed E-state index contributed by atoms with van der Waals surface area (Å²) in [4.78, 5) is 5.62. The fourth-order valence-corrected chi connectivity index (χ4v) is 2.34. The van der Waals surface area contributed by atoms with Crippen LogP contribution < -0.4 is 5.32 Å². The molecule has 0 aliphatic heterocycles. The van der Waals surface area contributed by atoms with Gasteiger partial charge in [0.2, 0.25) is 0 Å². The number of nitrogens with one attached hydrogen (secondary N) is 1. The molecule has 0 unspecified atom stereocenters. The van der Waals surface area contributed by atoms with Gasteiger partial charge >= 0.3 is 0 Å². The Bertz CT molecular complexity index is 445. The van der Waals surface area contributed by atoms with Crippen LogP contribution in [0.25, 0.3) is 0 Å². The highest BCUT2D eigenvalue weighted by Gasteiger charge is 2.00. The first-order valence-corrected chi connectivity index (χ1v) is 6.33. The summed E-state index contributed by atoms with van der Waals surface area (Å²) in [6.45, 7) is 5.13. The van der Waals surface area contributed by atoms with Gasteiger partial charge in [-0.3, -0.25) is 0 Å². The van der Waals surface area contributed by atoms with Crippen LogP contribution in [0.1, 0.15) is 16.1 Å². The fourth-order valence-electron chi connectivity index (χ4n) is 1.56. The molecule has 2 nitrogen and oxygen atoms in total. The Balaban J connectivity index is 1.84. The Morgan fingerprint density at radius 1 is 1.19 bits per heavy atom. The van der Waals surface area contributed by atoms with Crippen molar-refractivity contribution >= 4 is 17.0 Å². The molecule has 0 atom stereocenters. The van der Waals surface area contributed by atoms with E-state index < -0.39 is 0 Å². The third-order valence-electron chi connectivity index (χ3n) is 2.58. The quantitative estimate of drug-likeness (QED) is 0.873. The van der Waals surface area contributed by atoms with Gasteiger partial charge in [0.25, 0.3) is 0 Å². The second kappa shape index (κ2) is 5.12. The molecule has 0 saturated carbocycles. The predicted octanol–water partition coefficient (Wildman–Crippen LogP) is 3.41. The predicted molar refractivity (Wildman–Crippen MR) is 70.2 cm³/mol. The van der Waals surface area contributed by atoms with E-state index in [0.29, 0.717) is 0 Å². The molecule has 0 aliphatic carbocycles. The van der Waals surface area contributed by atoms with Gasteiger partial charge in [-0.2, -0.15) is 0 Å². The molecular weight excluding hydrogens is 216 g/mol. The Labute approximate surface area is 100 Å². The van der Waals surface area contributed by atoms with Gasteiger partial charge in [-0.05, 0) is 26.0 Å². The Morgan fingerprint density at radius 2 is 1.94 bits per heavy atom. The highest BCUT2D eigenvalue weighted by molar-refractivity contribution is 7.09. The topological polar surface area (TPSA) is 24.9 Å². The number of anilines is 1. The molecular formula is C13H16N2S. The van der Waals surface area contributed by atoms with Crippen LogP contribution >= 0.6 is 11.3 Å². The van der Waals surface area contributed by atoms with Crippen molar-refractivity contribution in [2.45, 2.75) is 20.3 Å². The highest BCUT2D eigenvalue weighted by atomic mass is 32.1. The van der Waals surface area contributed by atoms with Crippen molar-refractivity contribution in [3.05, 3.63) is 45.9 Å². The number of thiazole rings is 1. The molecule has 0 spiro atoms. The standard InChI is InChI=1S/C13H16N2S/c1-10-3-5-12(6-4-10)14-8-7-13-11(2)15-9-16-13/h3-6,9,14H,7-8H2,1-2H3. The van der Waals surface area contributed by atoms with Crippen LogP contribution in [-0.4, -0.2) is 11.5 Å². The van der Waals surface area contributed by atoms with Crippen molar-refractivity contribution in [3.63, 3.8) is 0 Å². The van der Waals surface area contributed by atoms with E-state index in [0.717, 1.165) is 18.7 Å². The van der Waals surface area contributed by atoms with E-state index in [4.69, 9.17) is 0 Å². The maximum atomic E-state index is 4.24. The maximum Gasteiger partial charge on any atom is 0.0797 e. The molecule has 2 rings (SSSR count). The lowest BCUT2D eigenvalue weighted by Gasteiger charge is -2.05.